The van der Waals surface area contributed by atoms with Crippen molar-refractivity contribution in [1.29, 1.82) is 0 Å². The van der Waals surface area contributed by atoms with Crippen molar-refractivity contribution in [1.82, 2.24) is 0 Å². The first-order chi connectivity index (χ1) is 9.43. The van der Waals surface area contributed by atoms with E-state index in [4.69, 9.17) is 0 Å². The van der Waals surface area contributed by atoms with E-state index in [1.165, 1.54) is 11.1 Å². The molecule has 0 aliphatic carbocycles. The maximum Gasteiger partial charge on any atom is 2.00 e. The molecule has 0 saturated heterocycles. The van der Waals surface area contributed by atoms with Crippen molar-refractivity contribution in [3.8, 4) is 11.1 Å². The van der Waals surface area contributed by atoms with Gasteiger partial charge in [0.05, 0.1) is 0 Å². The molecule has 2 aromatic carbocycles. The molecule has 0 spiro atoms. The van der Waals surface area contributed by atoms with Gasteiger partial charge in [0.2, 0.25) is 0 Å². The quantitative estimate of drug-likeness (QED) is 0.434. The molecule has 4 N–H and O–H groups in total. The Kier molecular flexibility index (Phi) is 15.3. The Morgan fingerprint density at radius 1 is 0.667 bits per heavy atom. The van der Waals surface area contributed by atoms with Crippen LogP contribution in [-0.4, -0.2) is 8.64 Å². The second-order valence-electron chi connectivity index (χ2n) is 3.37. The smallest absolute Gasteiger partial charge is 0.415 e. The molecule has 21 heavy (non-hydrogen) atoms. The fraction of sp³-hybridized carbons (Fsp3) is 0. The van der Waals surface area contributed by atoms with Gasteiger partial charge >= 0.3 is 19.5 Å². The van der Waals surface area contributed by atoms with Crippen molar-refractivity contribution < 1.29 is 19.5 Å². The van der Waals surface area contributed by atoms with E-state index >= 15 is 0 Å². The Labute approximate surface area is 160 Å². The first-order valence-corrected chi connectivity index (χ1v) is 7.10. The van der Waals surface area contributed by atoms with Gasteiger partial charge in [-0.3, -0.25) is 0 Å². The van der Waals surface area contributed by atoms with Crippen LogP contribution in [0, 0.1) is 0 Å². The molecule has 2 rings (SSSR count). The average Bonchev–Trinajstić information content (AvgIpc) is 2.39. The molecule has 0 amide bonds. The van der Waals surface area contributed by atoms with Gasteiger partial charge < -0.3 is 61.2 Å². The summed E-state index contributed by atoms with van der Waals surface area (Å²) in [5.41, 5.74) is 11.9. The van der Waals surface area contributed by atoms with Crippen LogP contribution >= 0.6 is 24.4 Å². The second-order valence-corrected chi connectivity index (χ2v) is 5.65. The predicted octanol–water partition coefficient (Wildman–Crippen LogP) is 2.90. The summed E-state index contributed by atoms with van der Waals surface area (Å²) in [6, 6.07) is 20.8. The molecule has 106 valence electrons. The molecular weight excluding hydrogens is 390 g/mol. The van der Waals surface area contributed by atoms with Crippen LogP contribution in [0.3, 0.4) is 0 Å². The molecule has 0 saturated carbocycles. The van der Waals surface area contributed by atoms with Crippen molar-refractivity contribution in [2.45, 2.75) is 0 Å². The Morgan fingerprint density at radius 3 is 1.05 bits per heavy atom. The Hall–Kier alpha value is -0.717. The van der Waals surface area contributed by atoms with Gasteiger partial charge in [-0.15, -0.1) is 0 Å². The topological polar surface area (TPSA) is 52.0 Å². The summed E-state index contributed by atoms with van der Waals surface area (Å²) in [5, 5.41) is 0. The summed E-state index contributed by atoms with van der Waals surface area (Å²) in [6.45, 7) is 0. The van der Waals surface area contributed by atoms with Gasteiger partial charge in [-0.25, -0.2) is 0 Å². The molecule has 7 heteroatoms. The van der Waals surface area contributed by atoms with Gasteiger partial charge in [-0.2, -0.15) is 0 Å². The minimum absolute atomic E-state index is 0. The third-order valence-corrected chi connectivity index (χ3v) is 1.88. The number of nitrogens with two attached hydrogens (primary N) is 2. The summed E-state index contributed by atoms with van der Waals surface area (Å²) < 4.78 is 0.167. The third-order valence-electron chi connectivity index (χ3n) is 1.88. The van der Waals surface area contributed by atoms with Gasteiger partial charge in [0.25, 0.3) is 0 Å². The Balaban J connectivity index is 0. The van der Waals surface area contributed by atoms with Crippen molar-refractivity contribution >= 4 is 58.3 Å². The summed E-state index contributed by atoms with van der Waals surface area (Å²) in [4.78, 5) is 0. The minimum atomic E-state index is 0. The van der Waals surface area contributed by atoms with Crippen LogP contribution in [0.4, 0.5) is 0 Å². The number of hydrogen-bond acceptors (Lipinski definition) is 4. The molecule has 0 radical (unpaired) electrons. The van der Waals surface area contributed by atoms with Gasteiger partial charge in [0, 0.05) is 0 Å². The van der Waals surface area contributed by atoms with Crippen LogP contribution in [-0.2, 0) is 44.7 Å². The van der Waals surface area contributed by atoms with Crippen molar-refractivity contribution in [2.75, 3.05) is 0 Å². The number of rotatable bonds is 1. The fourth-order valence-electron chi connectivity index (χ4n) is 1.26. The van der Waals surface area contributed by atoms with Crippen molar-refractivity contribution in [3.63, 3.8) is 0 Å². The summed E-state index contributed by atoms with van der Waals surface area (Å²) in [5.74, 6) is 0. The molecule has 0 bridgehead atoms. The van der Waals surface area contributed by atoms with Crippen LogP contribution in [0.1, 0.15) is 0 Å². The standard InChI is InChI=1S/C12H10.2CH3NS2.Zn/c1-3-7-11(8-4-1)12-9-5-2-6-10-12;2*2-1(3)4;/h1-10H;2*(H3,2,3,4);/q;;;+2/p-2. The molecule has 0 aliphatic rings. The van der Waals surface area contributed by atoms with E-state index in [0.29, 0.717) is 0 Å². The molecule has 0 unspecified atom stereocenters. The summed E-state index contributed by atoms with van der Waals surface area (Å²) in [7, 11) is 0. The van der Waals surface area contributed by atoms with E-state index in [-0.39, 0.29) is 28.1 Å². The molecule has 0 aromatic heterocycles. The summed E-state index contributed by atoms with van der Waals surface area (Å²) >= 11 is 16.5. The molecule has 2 aromatic rings. The van der Waals surface area contributed by atoms with Crippen molar-refractivity contribution in [2.24, 2.45) is 11.5 Å². The van der Waals surface area contributed by atoms with E-state index in [1.807, 2.05) is 12.1 Å². The molecule has 0 fully saturated rings. The van der Waals surface area contributed by atoms with E-state index in [9.17, 15) is 0 Å². The van der Waals surface area contributed by atoms with Crippen LogP contribution < -0.4 is 11.5 Å². The third kappa shape index (κ3) is 15.5. The second kappa shape index (κ2) is 14.2. The summed E-state index contributed by atoms with van der Waals surface area (Å²) in [6.07, 6.45) is 0. The predicted molar refractivity (Wildman–Crippen MR) is 100 cm³/mol. The van der Waals surface area contributed by atoms with Crippen LogP contribution in [0.15, 0.2) is 60.7 Å². The molecule has 0 aliphatic heterocycles. The largest absolute Gasteiger partial charge is 2.00 e. The minimum Gasteiger partial charge on any atom is -0.415 e. The van der Waals surface area contributed by atoms with Gasteiger partial charge in [-0.05, 0) is 11.1 Å². The fourth-order valence-corrected chi connectivity index (χ4v) is 1.26. The Morgan fingerprint density at radius 2 is 0.857 bits per heavy atom. The Bertz CT molecular complexity index is 464. The number of hydrogen-bond donors (Lipinski definition) is 2. The maximum absolute atomic E-state index is 4.66. The zero-order valence-electron chi connectivity index (χ0n) is 11.3. The molecule has 0 heterocycles. The van der Waals surface area contributed by atoms with E-state index in [1.54, 1.807) is 0 Å². The monoisotopic (exact) mass is 402 g/mol. The first-order valence-electron chi connectivity index (χ1n) is 5.47. The molecule has 2 nitrogen and oxygen atoms in total. The maximum atomic E-state index is 4.66. The van der Waals surface area contributed by atoms with Gasteiger partial charge in [0.1, 0.15) is 0 Å². The first kappa shape index (κ1) is 22.6. The number of benzene rings is 2. The van der Waals surface area contributed by atoms with E-state index < -0.39 is 0 Å². The van der Waals surface area contributed by atoms with E-state index in [2.05, 4.69) is 110 Å². The van der Waals surface area contributed by atoms with Crippen LogP contribution in [0.5, 0.6) is 0 Å². The molecule has 0 atom stereocenters. The zero-order valence-corrected chi connectivity index (χ0v) is 17.5. The van der Waals surface area contributed by atoms with Crippen LogP contribution in [0.25, 0.3) is 11.1 Å². The normalized spacial score (nSPS) is 7.81. The molecular formula is C14H14N2S4Zn. The van der Waals surface area contributed by atoms with Crippen molar-refractivity contribution in [3.05, 3.63) is 60.7 Å². The number of thiocarbonyl (C=S) groups is 2. The van der Waals surface area contributed by atoms with Gasteiger partial charge in [0.15, 0.2) is 0 Å². The average molecular weight is 404 g/mol. The van der Waals surface area contributed by atoms with Crippen LogP contribution in [0.2, 0.25) is 0 Å². The SMILES string of the molecule is NC(=S)[S-].NC(=S)[S-].[Zn+2].c1ccc(-c2ccccc2)cc1. The van der Waals surface area contributed by atoms with E-state index in [0.717, 1.165) is 0 Å². The zero-order chi connectivity index (χ0) is 15.4. The van der Waals surface area contributed by atoms with Gasteiger partial charge in [-0.1, -0.05) is 69.3 Å².